The van der Waals surface area contributed by atoms with Crippen LogP contribution in [-0.4, -0.2) is 27.7 Å². The van der Waals surface area contributed by atoms with Gasteiger partial charge in [-0.25, -0.2) is 8.42 Å². The molecule has 19 heavy (non-hydrogen) atoms. The van der Waals surface area contributed by atoms with Crippen molar-refractivity contribution in [3.05, 3.63) is 23.3 Å². The first-order valence-electron chi connectivity index (χ1n) is 6.18. The van der Waals surface area contributed by atoms with Crippen molar-refractivity contribution >= 4 is 19.7 Å². The van der Waals surface area contributed by atoms with Gasteiger partial charge < -0.3 is 9.47 Å². The number of benzene rings is 1. The molecule has 0 bridgehead atoms. The van der Waals surface area contributed by atoms with E-state index in [1.807, 2.05) is 0 Å². The Morgan fingerprint density at radius 3 is 2.42 bits per heavy atom. The minimum atomic E-state index is -3.72. The summed E-state index contributed by atoms with van der Waals surface area (Å²) in [6, 6.07) is 3.41. The summed E-state index contributed by atoms with van der Waals surface area (Å²) >= 11 is 0. The zero-order valence-corrected chi connectivity index (χ0v) is 12.6. The summed E-state index contributed by atoms with van der Waals surface area (Å²) in [6.07, 6.45) is 1.97. The summed E-state index contributed by atoms with van der Waals surface area (Å²) in [6.45, 7) is 4.79. The molecule has 1 fully saturated rings. The van der Waals surface area contributed by atoms with Crippen LogP contribution in [0.15, 0.2) is 17.0 Å². The number of hydrogen-bond donors (Lipinski definition) is 0. The van der Waals surface area contributed by atoms with Gasteiger partial charge in [-0.2, -0.15) is 0 Å². The lowest BCUT2D eigenvalue weighted by Gasteiger charge is -2.24. The molecular weight excluding hydrogens is 288 g/mol. The largest absolute Gasteiger partial charge is 0.488 e. The van der Waals surface area contributed by atoms with Gasteiger partial charge in [0.15, 0.2) is 0 Å². The summed E-state index contributed by atoms with van der Waals surface area (Å²) < 4.78 is 34.1. The molecule has 4 nitrogen and oxygen atoms in total. The van der Waals surface area contributed by atoms with E-state index in [-0.39, 0.29) is 11.0 Å². The normalized spacial score (nSPS) is 20.3. The molecule has 106 valence electrons. The van der Waals surface area contributed by atoms with Gasteiger partial charge in [0.25, 0.3) is 9.05 Å². The van der Waals surface area contributed by atoms with Crippen LogP contribution in [0.25, 0.3) is 0 Å². The Hall–Kier alpha value is -0.780. The van der Waals surface area contributed by atoms with Crippen LogP contribution < -0.4 is 4.74 Å². The van der Waals surface area contributed by atoms with E-state index in [1.54, 1.807) is 26.0 Å². The molecule has 1 aliphatic heterocycles. The Balaban J connectivity index is 2.24. The van der Waals surface area contributed by atoms with Gasteiger partial charge in [-0.1, -0.05) is 0 Å². The molecule has 1 aromatic rings. The van der Waals surface area contributed by atoms with Crippen LogP contribution in [0.2, 0.25) is 0 Å². The van der Waals surface area contributed by atoms with E-state index in [4.69, 9.17) is 20.2 Å². The molecule has 1 heterocycles. The van der Waals surface area contributed by atoms with Gasteiger partial charge in [-0.15, -0.1) is 0 Å². The fourth-order valence-corrected chi connectivity index (χ4v) is 3.98. The molecule has 6 heteroatoms. The Morgan fingerprint density at radius 1 is 1.32 bits per heavy atom. The van der Waals surface area contributed by atoms with Gasteiger partial charge in [0.05, 0.1) is 11.5 Å². The number of hydrogen-bond acceptors (Lipinski definition) is 4. The zero-order chi connectivity index (χ0) is 14.0. The molecule has 0 saturated carbocycles. The highest BCUT2D eigenvalue weighted by molar-refractivity contribution is 8.13. The number of ether oxygens (including phenoxy) is 2. The van der Waals surface area contributed by atoms with Crippen LogP contribution in [-0.2, 0) is 13.8 Å². The highest BCUT2D eigenvalue weighted by atomic mass is 35.7. The minimum absolute atomic E-state index is 0.0333. The molecule has 1 aliphatic rings. The fraction of sp³-hybridized carbons (Fsp3) is 0.538. The van der Waals surface area contributed by atoms with Crippen molar-refractivity contribution in [3.8, 4) is 5.75 Å². The zero-order valence-electron chi connectivity index (χ0n) is 11.0. The van der Waals surface area contributed by atoms with Crippen molar-refractivity contribution in [2.45, 2.75) is 37.7 Å². The highest BCUT2D eigenvalue weighted by Gasteiger charge is 2.20. The van der Waals surface area contributed by atoms with E-state index in [9.17, 15) is 8.42 Å². The lowest BCUT2D eigenvalue weighted by atomic mass is 10.1. The summed E-state index contributed by atoms with van der Waals surface area (Å²) in [5.74, 6) is 0.662. The van der Waals surface area contributed by atoms with E-state index in [1.165, 1.54) is 0 Å². The summed E-state index contributed by atoms with van der Waals surface area (Å²) in [5.41, 5.74) is 1.20. The molecule has 0 aliphatic carbocycles. The summed E-state index contributed by atoms with van der Waals surface area (Å²) in [5, 5.41) is 0. The van der Waals surface area contributed by atoms with Gasteiger partial charge >= 0.3 is 0 Å². The van der Waals surface area contributed by atoms with Crippen LogP contribution in [0.5, 0.6) is 5.75 Å². The number of halogens is 1. The summed E-state index contributed by atoms with van der Waals surface area (Å²) in [4.78, 5) is 0.168. The minimum Gasteiger partial charge on any atom is -0.488 e. The first-order chi connectivity index (χ1) is 8.88. The molecule has 1 atom stereocenters. The monoisotopic (exact) mass is 304 g/mol. The molecule has 0 N–H and O–H groups in total. The standard InChI is InChI=1S/C13H17ClO4S/c1-9-6-12(18-11-4-3-5-17-8-11)7-10(2)13(9)19(14,15)16/h6-7,11H,3-5,8H2,1-2H3. The number of aryl methyl sites for hydroxylation is 2. The van der Waals surface area contributed by atoms with Crippen LogP contribution >= 0.6 is 10.7 Å². The van der Waals surface area contributed by atoms with E-state index in [2.05, 4.69) is 0 Å². The average Bonchev–Trinajstić information content (AvgIpc) is 2.27. The van der Waals surface area contributed by atoms with Crippen molar-refractivity contribution in [3.63, 3.8) is 0 Å². The van der Waals surface area contributed by atoms with Crippen molar-refractivity contribution < 1.29 is 17.9 Å². The molecule has 1 unspecified atom stereocenters. The number of rotatable bonds is 3. The van der Waals surface area contributed by atoms with E-state index < -0.39 is 9.05 Å². The SMILES string of the molecule is Cc1cc(OC2CCCOC2)cc(C)c1S(=O)(=O)Cl. The second kappa shape index (κ2) is 5.69. The smallest absolute Gasteiger partial charge is 0.261 e. The Kier molecular flexibility index (Phi) is 4.38. The van der Waals surface area contributed by atoms with Crippen molar-refractivity contribution in [1.82, 2.24) is 0 Å². The van der Waals surface area contributed by atoms with Crippen LogP contribution in [0.3, 0.4) is 0 Å². The second-order valence-corrected chi connectivity index (χ2v) is 7.28. The Morgan fingerprint density at radius 2 is 1.95 bits per heavy atom. The molecule has 1 saturated heterocycles. The molecule has 0 amide bonds. The molecule has 0 aromatic heterocycles. The van der Waals surface area contributed by atoms with Crippen LogP contribution in [0.1, 0.15) is 24.0 Å². The third kappa shape index (κ3) is 3.61. The second-order valence-electron chi connectivity index (χ2n) is 4.78. The maximum atomic E-state index is 11.5. The first-order valence-corrected chi connectivity index (χ1v) is 8.49. The Bertz CT molecular complexity index is 539. The molecule has 1 aromatic carbocycles. The molecule has 0 radical (unpaired) electrons. The van der Waals surface area contributed by atoms with E-state index >= 15 is 0 Å². The molecule has 0 spiro atoms. The predicted octanol–water partition coefficient (Wildman–Crippen LogP) is 2.79. The van der Waals surface area contributed by atoms with Gasteiger partial charge in [-0.05, 0) is 49.9 Å². The third-order valence-electron chi connectivity index (χ3n) is 3.10. The highest BCUT2D eigenvalue weighted by Crippen LogP contribution is 2.29. The predicted molar refractivity (Wildman–Crippen MR) is 73.4 cm³/mol. The van der Waals surface area contributed by atoms with E-state index in [0.717, 1.165) is 19.4 Å². The lowest BCUT2D eigenvalue weighted by Crippen LogP contribution is -2.28. The van der Waals surface area contributed by atoms with Gasteiger partial charge in [0.1, 0.15) is 11.9 Å². The van der Waals surface area contributed by atoms with Gasteiger partial charge in [-0.3, -0.25) is 0 Å². The lowest BCUT2D eigenvalue weighted by molar-refractivity contribution is 0.00736. The maximum absolute atomic E-state index is 11.5. The van der Waals surface area contributed by atoms with E-state index in [0.29, 0.717) is 23.5 Å². The first kappa shape index (κ1) is 14.6. The molecule has 2 rings (SSSR count). The van der Waals surface area contributed by atoms with Gasteiger partial charge in [0.2, 0.25) is 0 Å². The fourth-order valence-electron chi connectivity index (χ4n) is 2.36. The van der Waals surface area contributed by atoms with Crippen molar-refractivity contribution in [2.75, 3.05) is 13.2 Å². The van der Waals surface area contributed by atoms with Crippen molar-refractivity contribution in [2.24, 2.45) is 0 Å². The van der Waals surface area contributed by atoms with Gasteiger partial charge in [0, 0.05) is 17.3 Å². The maximum Gasteiger partial charge on any atom is 0.261 e. The van der Waals surface area contributed by atoms with Crippen LogP contribution in [0, 0.1) is 13.8 Å². The average molecular weight is 305 g/mol. The van der Waals surface area contributed by atoms with Crippen molar-refractivity contribution in [1.29, 1.82) is 0 Å². The topological polar surface area (TPSA) is 52.6 Å². The third-order valence-corrected chi connectivity index (χ3v) is 4.69. The quantitative estimate of drug-likeness (QED) is 0.806. The van der Waals surface area contributed by atoms with Crippen LogP contribution in [0.4, 0.5) is 0 Å². The Labute approximate surface area is 118 Å². The summed E-state index contributed by atoms with van der Waals surface area (Å²) in [7, 11) is 1.70. The molecular formula is C13H17ClO4S.